The van der Waals surface area contributed by atoms with Gasteiger partial charge in [-0.05, 0) is 58.0 Å². The van der Waals surface area contributed by atoms with Crippen LogP contribution in [0.5, 0.6) is 5.75 Å². The molecule has 0 radical (unpaired) electrons. The van der Waals surface area contributed by atoms with Crippen molar-refractivity contribution >= 4 is 43.2 Å². The lowest BCUT2D eigenvalue weighted by molar-refractivity contribution is 0.334. The minimum absolute atomic E-state index is 0.135. The van der Waals surface area contributed by atoms with Crippen LogP contribution in [0.1, 0.15) is 23.4 Å². The Morgan fingerprint density at radius 3 is 2.63 bits per heavy atom. The van der Waals surface area contributed by atoms with Gasteiger partial charge in [0.05, 0.1) is 16.4 Å². The lowest BCUT2D eigenvalue weighted by atomic mass is 10.0. The first-order valence-electron chi connectivity index (χ1n) is 6.01. The van der Waals surface area contributed by atoms with Gasteiger partial charge in [-0.2, -0.15) is 0 Å². The molecule has 2 rings (SSSR count). The average Bonchev–Trinajstić information content (AvgIpc) is 2.73. The molecule has 1 heterocycles. The first-order valence-corrected chi connectivity index (χ1v) is 8.41. The second kappa shape index (κ2) is 6.88. The van der Waals surface area contributed by atoms with Crippen molar-refractivity contribution in [1.29, 1.82) is 0 Å². The Kier molecular flexibility index (Phi) is 5.45. The van der Waals surface area contributed by atoms with Gasteiger partial charge in [-0.25, -0.2) is 0 Å². The third-order valence-electron chi connectivity index (χ3n) is 2.77. The molecule has 2 nitrogen and oxygen atoms in total. The van der Waals surface area contributed by atoms with E-state index in [1.165, 1.54) is 4.88 Å². The van der Waals surface area contributed by atoms with E-state index in [2.05, 4.69) is 49.3 Å². The van der Waals surface area contributed by atoms with Crippen molar-refractivity contribution in [3.8, 4) is 5.75 Å². The molecule has 0 spiro atoms. The fourth-order valence-corrected chi connectivity index (χ4v) is 4.18. The lowest BCUT2D eigenvalue weighted by Gasteiger charge is -2.18. The molecule has 5 heteroatoms. The Morgan fingerprint density at radius 2 is 2.05 bits per heavy atom. The summed E-state index contributed by atoms with van der Waals surface area (Å²) in [5.41, 5.74) is 1.16. The summed E-state index contributed by atoms with van der Waals surface area (Å²) in [7, 11) is 1.97. The smallest absolute Gasteiger partial charge is 0.124 e. The molecular formula is C14H15Br2NOS. The normalized spacial score (nSPS) is 12.4. The number of thiophene rings is 1. The molecule has 0 aliphatic carbocycles. The van der Waals surface area contributed by atoms with Gasteiger partial charge >= 0.3 is 0 Å². The zero-order valence-corrected chi connectivity index (χ0v) is 14.7. The Labute approximate surface area is 134 Å². The summed E-state index contributed by atoms with van der Waals surface area (Å²) < 4.78 is 7.91. The highest BCUT2D eigenvalue weighted by atomic mass is 79.9. The summed E-state index contributed by atoms with van der Waals surface area (Å²) in [6.07, 6.45) is 0. The molecule has 102 valence electrons. The van der Waals surface area contributed by atoms with Crippen molar-refractivity contribution < 1.29 is 4.74 Å². The van der Waals surface area contributed by atoms with E-state index in [0.717, 1.165) is 19.6 Å². The van der Waals surface area contributed by atoms with E-state index in [4.69, 9.17) is 4.74 Å². The predicted molar refractivity (Wildman–Crippen MR) is 88.2 cm³/mol. The topological polar surface area (TPSA) is 21.3 Å². The Hall–Kier alpha value is -0.360. The molecule has 1 N–H and O–H groups in total. The van der Waals surface area contributed by atoms with E-state index in [9.17, 15) is 0 Å². The van der Waals surface area contributed by atoms with Crippen LogP contribution in [0, 0.1) is 0 Å². The molecule has 0 amide bonds. The first-order chi connectivity index (χ1) is 9.17. The summed E-state index contributed by atoms with van der Waals surface area (Å²) in [4.78, 5) is 1.24. The van der Waals surface area contributed by atoms with Gasteiger partial charge in [-0.15, -0.1) is 11.3 Å². The maximum atomic E-state index is 5.72. The number of rotatable bonds is 5. The Bertz CT molecular complexity index is 537. The van der Waals surface area contributed by atoms with Gasteiger partial charge in [-0.3, -0.25) is 0 Å². The van der Waals surface area contributed by atoms with E-state index >= 15 is 0 Å². The third kappa shape index (κ3) is 3.40. The van der Waals surface area contributed by atoms with Crippen LogP contribution in [0.3, 0.4) is 0 Å². The molecule has 2 aromatic rings. The van der Waals surface area contributed by atoms with E-state index in [0.29, 0.717) is 6.61 Å². The molecule has 0 saturated carbocycles. The molecule has 19 heavy (non-hydrogen) atoms. The van der Waals surface area contributed by atoms with E-state index in [1.807, 2.05) is 32.2 Å². The van der Waals surface area contributed by atoms with Crippen LogP contribution in [0.25, 0.3) is 0 Å². The van der Waals surface area contributed by atoms with Gasteiger partial charge in [0.1, 0.15) is 5.75 Å². The van der Waals surface area contributed by atoms with Crippen LogP contribution in [-0.4, -0.2) is 13.7 Å². The highest BCUT2D eigenvalue weighted by Gasteiger charge is 2.19. The minimum Gasteiger partial charge on any atom is -0.494 e. The van der Waals surface area contributed by atoms with Gasteiger partial charge in [0, 0.05) is 14.9 Å². The molecule has 0 fully saturated rings. The van der Waals surface area contributed by atoms with Crippen LogP contribution in [0.2, 0.25) is 0 Å². The number of hydrogen-bond donors (Lipinski definition) is 1. The fourth-order valence-electron chi connectivity index (χ4n) is 1.96. The third-order valence-corrected chi connectivity index (χ3v) is 6.09. The average molecular weight is 405 g/mol. The predicted octanol–water partition coefficient (Wildman–Crippen LogP) is 4.98. The van der Waals surface area contributed by atoms with Crippen molar-refractivity contribution in [3.05, 3.63) is 49.0 Å². The van der Waals surface area contributed by atoms with Gasteiger partial charge in [0.2, 0.25) is 0 Å². The van der Waals surface area contributed by atoms with Crippen molar-refractivity contribution in [1.82, 2.24) is 5.32 Å². The second-order valence-electron chi connectivity index (χ2n) is 3.96. The summed E-state index contributed by atoms with van der Waals surface area (Å²) >= 11 is 8.81. The van der Waals surface area contributed by atoms with Gasteiger partial charge in [0.25, 0.3) is 0 Å². The molecule has 1 aromatic carbocycles. The van der Waals surface area contributed by atoms with E-state index < -0.39 is 0 Å². The Balaban J connectivity index is 2.41. The molecule has 1 atom stereocenters. The highest BCUT2D eigenvalue weighted by Crippen LogP contribution is 2.39. The number of ether oxygens (including phenoxy) is 1. The molecule has 1 aromatic heterocycles. The zero-order chi connectivity index (χ0) is 13.8. The monoisotopic (exact) mass is 403 g/mol. The van der Waals surface area contributed by atoms with Gasteiger partial charge in [-0.1, -0.05) is 18.2 Å². The molecular weight excluding hydrogens is 390 g/mol. The summed E-state index contributed by atoms with van der Waals surface area (Å²) in [6, 6.07) is 10.4. The second-order valence-corrected chi connectivity index (χ2v) is 7.22. The number of benzene rings is 1. The number of para-hydroxylation sites is 1. The highest BCUT2D eigenvalue weighted by molar-refractivity contribution is 9.13. The first kappa shape index (κ1) is 15.0. The fraction of sp³-hybridized carbons (Fsp3) is 0.286. The van der Waals surface area contributed by atoms with Crippen LogP contribution in [0.4, 0.5) is 0 Å². The van der Waals surface area contributed by atoms with Crippen molar-refractivity contribution in [2.24, 2.45) is 0 Å². The number of hydrogen-bond acceptors (Lipinski definition) is 3. The number of halogens is 2. The molecule has 0 aliphatic rings. The quantitative estimate of drug-likeness (QED) is 0.758. The van der Waals surface area contributed by atoms with Crippen molar-refractivity contribution in [2.75, 3.05) is 13.7 Å². The van der Waals surface area contributed by atoms with E-state index in [-0.39, 0.29) is 6.04 Å². The summed E-state index contributed by atoms with van der Waals surface area (Å²) in [5, 5.41) is 3.36. The lowest BCUT2D eigenvalue weighted by Crippen LogP contribution is -2.17. The summed E-state index contributed by atoms with van der Waals surface area (Å²) in [6.45, 7) is 2.68. The zero-order valence-electron chi connectivity index (χ0n) is 10.7. The summed E-state index contributed by atoms with van der Waals surface area (Å²) in [5.74, 6) is 0.935. The molecule has 1 unspecified atom stereocenters. The molecule has 0 saturated heterocycles. The van der Waals surface area contributed by atoms with Gasteiger partial charge in [0.15, 0.2) is 0 Å². The van der Waals surface area contributed by atoms with Crippen LogP contribution in [-0.2, 0) is 0 Å². The largest absolute Gasteiger partial charge is 0.494 e. The van der Waals surface area contributed by atoms with Gasteiger partial charge < -0.3 is 10.1 Å². The maximum Gasteiger partial charge on any atom is 0.124 e. The molecule has 0 bridgehead atoms. The molecule has 0 aliphatic heterocycles. The number of nitrogens with one attached hydrogen (secondary N) is 1. The van der Waals surface area contributed by atoms with Crippen molar-refractivity contribution in [3.63, 3.8) is 0 Å². The van der Waals surface area contributed by atoms with Crippen molar-refractivity contribution in [2.45, 2.75) is 13.0 Å². The van der Waals surface area contributed by atoms with Crippen LogP contribution < -0.4 is 10.1 Å². The SMILES string of the molecule is CCOc1ccccc1C(NC)c1cc(Br)c(Br)s1. The van der Waals surface area contributed by atoms with Crippen LogP contribution >= 0.6 is 43.2 Å². The van der Waals surface area contributed by atoms with E-state index in [1.54, 1.807) is 11.3 Å². The maximum absolute atomic E-state index is 5.72. The van der Waals surface area contributed by atoms with Crippen LogP contribution in [0.15, 0.2) is 38.6 Å². The minimum atomic E-state index is 0.135. The Morgan fingerprint density at radius 1 is 1.32 bits per heavy atom. The standard InChI is InChI=1S/C14H15Br2NOS/c1-3-18-11-7-5-4-6-9(11)13(17-2)12-8-10(15)14(16)19-12/h4-8,13,17H,3H2,1-2H3.